The van der Waals surface area contributed by atoms with E-state index in [0.29, 0.717) is 6.61 Å². The number of amides is 1. The van der Waals surface area contributed by atoms with E-state index in [0.717, 1.165) is 54.5 Å². The molecular formula is C22H27NO2S. The molecule has 3 nitrogen and oxygen atoms in total. The minimum Gasteiger partial charge on any atom is -0.494 e. The molecule has 0 unspecified atom stereocenters. The number of carbonyl (C=O) groups excluding carboxylic acids is 1. The number of likely N-dealkylation sites (tertiary alicyclic amines) is 1. The smallest absolute Gasteiger partial charge is 0.253 e. The zero-order valence-electron chi connectivity index (χ0n) is 15.6. The highest BCUT2D eigenvalue weighted by Crippen LogP contribution is 2.29. The molecule has 1 aliphatic rings. The summed E-state index contributed by atoms with van der Waals surface area (Å²) in [6.45, 7) is 6.60. The molecule has 0 saturated carbocycles. The van der Waals surface area contributed by atoms with Crippen molar-refractivity contribution < 1.29 is 9.53 Å². The van der Waals surface area contributed by atoms with Crippen LogP contribution < -0.4 is 4.74 Å². The van der Waals surface area contributed by atoms with E-state index in [4.69, 9.17) is 4.74 Å². The second-order valence-electron chi connectivity index (χ2n) is 6.83. The third-order valence-electron chi connectivity index (χ3n) is 4.82. The van der Waals surface area contributed by atoms with E-state index in [1.165, 1.54) is 4.90 Å². The summed E-state index contributed by atoms with van der Waals surface area (Å²) >= 11 is 1.76. The van der Waals surface area contributed by atoms with E-state index in [9.17, 15) is 4.79 Å². The van der Waals surface area contributed by atoms with Crippen molar-refractivity contribution in [3.63, 3.8) is 0 Å². The van der Waals surface area contributed by atoms with Gasteiger partial charge in [-0.25, -0.2) is 0 Å². The van der Waals surface area contributed by atoms with Crippen molar-refractivity contribution in [3.05, 3.63) is 59.7 Å². The van der Waals surface area contributed by atoms with Crippen LogP contribution in [0, 0.1) is 5.92 Å². The van der Waals surface area contributed by atoms with Crippen LogP contribution in [0.3, 0.4) is 0 Å². The van der Waals surface area contributed by atoms with Crippen LogP contribution in [0.25, 0.3) is 0 Å². The summed E-state index contributed by atoms with van der Waals surface area (Å²) in [4.78, 5) is 16.1. The van der Waals surface area contributed by atoms with Gasteiger partial charge < -0.3 is 9.64 Å². The predicted octanol–water partition coefficient (Wildman–Crippen LogP) is 5.25. The summed E-state index contributed by atoms with van der Waals surface area (Å²) in [6.07, 6.45) is 2.19. The lowest BCUT2D eigenvalue weighted by atomic mass is 9.98. The largest absolute Gasteiger partial charge is 0.494 e. The summed E-state index contributed by atoms with van der Waals surface area (Å²) in [5.74, 6) is 2.53. The topological polar surface area (TPSA) is 29.5 Å². The first kappa shape index (κ1) is 18.8. The first-order chi connectivity index (χ1) is 12.7. The number of thioether (sulfide) groups is 1. The molecule has 1 saturated heterocycles. The number of carbonyl (C=O) groups is 1. The number of benzene rings is 2. The fraction of sp³-hybridized carbons (Fsp3) is 0.409. The lowest BCUT2D eigenvalue weighted by Crippen LogP contribution is -2.37. The van der Waals surface area contributed by atoms with Gasteiger partial charge in [0.15, 0.2) is 0 Å². The van der Waals surface area contributed by atoms with Crippen molar-refractivity contribution in [1.82, 2.24) is 4.90 Å². The molecule has 0 radical (unpaired) electrons. The van der Waals surface area contributed by atoms with Crippen molar-refractivity contribution >= 4 is 17.7 Å². The molecule has 0 atom stereocenters. The first-order valence-electron chi connectivity index (χ1n) is 9.40. The Morgan fingerprint density at radius 3 is 2.58 bits per heavy atom. The monoisotopic (exact) mass is 369 g/mol. The minimum absolute atomic E-state index is 0.144. The molecule has 1 fully saturated rings. The van der Waals surface area contributed by atoms with Crippen LogP contribution in [0.5, 0.6) is 5.75 Å². The Balaban J connectivity index is 1.75. The van der Waals surface area contributed by atoms with Gasteiger partial charge in [0.1, 0.15) is 5.75 Å². The molecule has 0 aliphatic carbocycles. The Hall–Kier alpha value is -1.94. The number of nitrogens with zero attached hydrogens (tertiary/aromatic N) is 1. The maximum atomic E-state index is 12.9. The quantitative estimate of drug-likeness (QED) is 0.651. The summed E-state index contributed by atoms with van der Waals surface area (Å²) in [7, 11) is 0. The Bertz CT molecular complexity index is 724. The van der Waals surface area contributed by atoms with Crippen molar-refractivity contribution in [2.45, 2.75) is 37.3 Å². The van der Waals surface area contributed by atoms with E-state index in [-0.39, 0.29) is 5.91 Å². The lowest BCUT2D eigenvalue weighted by molar-refractivity contribution is 0.0697. The standard InChI is InChI=1S/C22H27NO2S/c1-3-25-21-10-9-18(22(24)23-13-11-17(2)12-14-23)15-19(21)16-26-20-7-5-4-6-8-20/h4-10,15,17H,3,11-14,16H2,1-2H3. The van der Waals surface area contributed by atoms with Crippen LogP contribution in [0.1, 0.15) is 42.6 Å². The molecule has 138 valence electrons. The van der Waals surface area contributed by atoms with Gasteiger partial charge in [0.25, 0.3) is 5.91 Å². The molecule has 0 bridgehead atoms. The highest BCUT2D eigenvalue weighted by Gasteiger charge is 2.22. The third-order valence-corrected chi connectivity index (χ3v) is 5.88. The Morgan fingerprint density at radius 2 is 1.88 bits per heavy atom. The average Bonchev–Trinajstić information content (AvgIpc) is 2.68. The van der Waals surface area contributed by atoms with Crippen molar-refractivity contribution in [2.75, 3.05) is 19.7 Å². The lowest BCUT2D eigenvalue weighted by Gasteiger charge is -2.30. The molecule has 3 rings (SSSR count). The van der Waals surface area contributed by atoms with Gasteiger partial charge >= 0.3 is 0 Å². The fourth-order valence-electron chi connectivity index (χ4n) is 3.19. The predicted molar refractivity (Wildman–Crippen MR) is 108 cm³/mol. The highest BCUT2D eigenvalue weighted by molar-refractivity contribution is 7.98. The number of hydrogen-bond donors (Lipinski definition) is 0. The minimum atomic E-state index is 0.144. The number of rotatable bonds is 6. The van der Waals surface area contributed by atoms with Gasteiger partial charge in [0, 0.05) is 34.9 Å². The molecule has 1 aliphatic heterocycles. The van der Waals surface area contributed by atoms with Crippen LogP contribution in [0.4, 0.5) is 0 Å². The molecule has 2 aromatic carbocycles. The van der Waals surface area contributed by atoms with Crippen molar-refractivity contribution in [3.8, 4) is 5.75 Å². The maximum Gasteiger partial charge on any atom is 0.253 e. The van der Waals surface area contributed by atoms with E-state index in [1.54, 1.807) is 11.8 Å². The summed E-state index contributed by atoms with van der Waals surface area (Å²) in [5, 5.41) is 0. The molecule has 0 spiro atoms. The van der Waals surface area contributed by atoms with Gasteiger partial charge in [-0.2, -0.15) is 0 Å². The normalized spacial score (nSPS) is 15.1. The Morgan fingerprint density at radius 1 is 1.15 bits per heavy atom. The van der Waals surface area contributed by atoms with Gasteiger partial charge in [-0.1, -0.05) is 25.1 Å². The SMILES string of the molecule is CCOc1ccc(C(=O)N2CCC(C)CC2)cc1CSc1ccccc1. The van der Waals surface area contributed by atoms with Crippen molar-refractivity contribution in [1.29, 1.82) is 0 Å². The molecule has 0 aromatic heterocycles. The molecular weight excluding hydrogens is 342 g/mol. The van der Waals surface area contributed by atoms with Crippen LogP contribution >= 0.6 is 11.8 Å². The Kier molecular flexibility index (Phi) is 6.62. The zero-order valence-corrected chi connectivity index (χ0v) is 16.4. The summed E-state index contributed by atoms with van der Waals surface area (Å²) in [5.41, 5.74) is 1.85. The van der Waals surface area contributed by atoms with E-state index in [1.807, 2.05) is 48.2 Å². The first-order valence-corrected chi connectivity index (χ1v) is 10.4. The van der Waals surface area contributed by atoms with Crippen LogP contribution in [0.15, 0.2) is 53.4 Å². The molecule has 4 heteroatoms. The summed E-state index contributed by atoms with van der Waals surface area (Å²) in [6, 6.07) is 16.2. The van der Waals surface area contributed by atoms with Crippen LogP contribution in [-0.4, -0.2) is 30.5 Å². The molecule has 0 N–H and O–H groups in total. The second-order valence-corrected chi connectivity index (χ2v) is 7.88. The fourth-order valence-corrected chi connectivity index (χ4v) is 4.09. The highest BCUT2D eigenvalue weighted by atomic mass is 32.2. The second kappa shape index (κ2) is 9.13. The molecule has 1 amide bonds. The van der Waals surface area contributed by atoms with Gasteiger partial charge in [-0.05, 0) is 56.0 Å². The van der Waals surface area contributed by atoms with Crippen LogP contribution in [-0.2, 0) is 5.75 Å². The molecule has 26 heavy (non-hydrogen) atoms. The van der Waals surface area contributed by atoms with E-state index >= 15 is 0 Å². The third kappa shape index (κ3) is 4.82. The molecule has 2 aromatic rings. The van der Waals surface area contributed by atoms with Gasteiger partial charge in [-0.3, -0.25) is 4.79 Å². The van der Waals surface area contributed by atoms with E-state index < -0.39 is 0 Å². The molecule has 1 heterocycles. The van der Waals surface area contributed by atoms with Gasteiger partial charge in [-0.15, -0.1) is 11.8 Å². The number of piperidine rings is 1. The van der Waals surface area contributed by atoms with E-state index in [2.05, 4.69) is 19.1 Å². The zero-order chi connectivity index (χ0) is 18.4. The van der Waals surface area contributed by atoms with Crippen molar-refractivity contribution in [2.24, 2.45) is 5.92 Å². The maximum absolute atomic E-state index is 12.9. The van der Waals surface area contributed by atoms with Crippen LogP contribution in [0.2, 0.25) is 0 Å². The number of hydrogen-bond acceptors (Lipinski definition) is 3. The average molecular weight is 370 g/mol. The van der Waals surface area contributed by atoms with Gasteiger partial charge in [0.05, 0.1) is 6.61 Å². The number of ether oxygens (including phenoxy) is 1. The summed E-state index contributed by atoms with van der Waals surface area (Å²) < 4.78 is 5.78. The van der Waals surface area contributed by atoms with Gasteiger partial charge in [0.2, 0.25) is 0 Å². The Labute approximate surface area is 160 Å².